The fourth-order valence-corrected chi connectivity index (χ4v) is 3.27. The largest absolute Gasteiger partial charge is 0.355 e. The van der Waals surface area contributed by atoms with Gasteiger partial charge in [0.25, 0.3) is 0 Å². The second-order valence-corrected chi connectivity index (χ2v) is 9.16. The summed E-state index contributed by atoms with van der Waals surface area (Å²) in [6.45, 7) is 10.8. The summed E-state index contributed by atoms with van der Waals surface area (Å²) in [6, 6.07) is 7.47. The SMILES string of the molecule is CCC(C)NC(=NC)NCCS(=O)(=O)c1ccc(C(C)(C)C)cc1. The van der Waals surface area contributed by atoms with Crippen molar-refractivity contribution in [3.05, 3.63) is 29.8 Å². The Bertz CT molecular complexity index is 644. The third-order valence-electron chi connectivity index (χ3n) is 3.96. The predicted octanol–water partition coefficient (Wildman–Crippen LogP) is 2.72. The van der Waals surface area contributed by atoms with E-state index in [9.17, 15) is 8.42 Å². The molecule has 0 amide bonds. The Balaban J connectivity index is 2.67. The highest BCUT2D eigenvalue weighted by Crippen LogP contribution is 2.23. The molecule has 1 unspecified atom stereocenters. The predicted molar refractivity (Wildman–Crippen MR) is 101 cm³/mol. The molecule has 0 saturated heterocycles. The molecule has 0 bridgehead atoms. The molecule has 0 aromatic heterocycles. The quantitative estimate of drug-likeness (QED) is 0.609. The first-order valence-corrected chi connectivity index (χ1v) is 10.1. The molecule has 0 radical (unpaired) electrons. The van der Waals surface area contributed by atoms with Gasteiger partial charge in [-0.25, -0.2) is 8.42 Å². The molecule has 6 heteroatoms. The third-order valence-corrected chi connectivity index (χ3v) is 5.69. The molecular weight excluding hydrogens is 322 g/mol. The summed E-state index contributed by atoms with van der Waals surface area (Å²) in [5.74, 6) is 0.658. The van der Waals surface area contributed by atoms with Gasteiger partial charge in [-0.15, -0.1) is 0 Å². The number of nitrogens with one attached hydrogen (secondary N) is 2. The fourth-order valence-electron chi connectivity index (χ4n) is 2.11. The maximum Gasteiger partial charge on any atom is 0.191 e. The summed E-state index contributed by atoms with van der Waals surface area (Å²) >= 11 is 0. The lowest BCUT2D eigenvalue weighted by molar-refractivity contribution is 0.585. The number of nitrogens with zero attached hydrogens (tertiary/aromatic N) is 1. The molecule has 5 nitrogen and oxygen atoms in total. The molecule has 0 aliphatic carbocycles. The summed E-state index contributed by atoms with van der Waals surface area (Å²) in [5, 5.41) is 6.27. The van der Waals surface area contributed by atoms with Crippen LogP contribution in [-0.2, 0) is 15.3 Å². The molecule has 0 saturated carbocycles. The van der Waals surface area contributed by atoms with Gasteiger partial charge in [0, 0.05) is 19.6 Å². The lowest BCUT2D eigenvalue weighted by Gasteiger charge is -2.19. The van der Waals surface area contributed by atoms with Crippen molar-refractivity contribution in [2.75, 3.05) is 19.3 Å². The molecule has 0 heterocycles. The first kappa shape index (κ1) is 20.5. The number of guanidine groups is 1. The highest BCUT2D eigenvalue weighted by Gasteiger charge is 2.17. The Kier molecular flexibility index (Phi) is 7.27. The zero-order valence-corrected chi connectivity index (χ0v) is 16.5. The standard InChI is InChI=1S/C18H31N3O2S/c1-7-14(2)21-17(19-6)20-12-13-24(22,23)16-10-8-15(9-11-16)18(3,4)5/h8-11,14H,7,12-13H2,1-6H3,(H2,19,20,21). The average Bonchev–Trinajstić information content (AvgIpc) is 2.52. The van der Waals surface area contributed by atoms with Crippen LogP contribution in [0.3, 0.4) is 0 Å². The molecule has 136 valence electrons. The third kappa shape index (κ3) is 6.15. The zero-order chi connectivity index (χ0) is 18.4. The van der Waals surface area contributed by atoms with E-state index >= 15 is 0 Å². The smallest absolute Gasteiger partial charge is 0.191 e. The van der Waals surface area contributed by atoms with Gasteiger partial charge in [-0.05, 0) is 36.5 Å². The van der Waals surface area contributed by atoms with Gasteiger partial charge in [0.2, 0.25) is 0 Å². The number of sulfone groups is 1. The Labute approximate surface area is 146 Å². The van der Waals surface area contributed by atoms with E-state index in [1.807, 2.05) is 12.1 Å². The van der Waals surface area contributed by atoms with Crippen LogP contribution in [0.2, 0.25) is 0 Å². The highest BCUT2D eigenvalue weighted by molar-refractivity contribution is 7.91. The van der Waals surface area contributed by atoms with Crippen molar-refractivity contribution < 1.29 is 8.42 Å². The lowest BCUT2D eigenvalue weighted by Crippen LogP contribution is -2.43. The van der Waals surface area contributed by atoms with Crippen LogP contribution in [0.15, 0.2) is 34.2 Å². The molecule has 24 heavy (non-hydrogen) atoms. The molecule has 1 aromatic rings. The van der Waals surface area contributed by atoms with Crippen LogP contribution < -0.4 is 10.6 Å². The van der Waals surface area contributed by atoms with Crippen LogP contribution >= 0.6 is 0 Å². The van der Waals surface area contributed by atoms with Gasteiger partial charge in [-0.1, -0.05) is 39.8 Å². The average molecular weight is 354 g/mol. The Hall–Kier alpha value is -1.56. The Morgan fingerprint density at radius 3 is 2.25 bits per heavy atom. The molecule has 0 aliphatic heterocycles. The maximum absolute atomic E-state index is 12.4. The Morgan fingerprint density at radius 2 is 1.79 bits per heavy atom. The summed E-state index contributed by atoms with van der Waals surface area (Å²) in [4.78, 5) is 4.47. The van der Waals surface area contributed by atoms with Crippen molar-refractivity contribution >= 4 is 15.8 Å². The lowest BCUT2D eigenvalue weighted by atomic mass is 9.87. The van der Waals surface area contributed by atoms with Gasteiger partial charge < -0.3 is 10.6 Å². The van der Waals surface area contributed by atoms with Crippen LogP contribution in [0.4, 0.5) is 0 Å². The topological polar surface area (TPSA) is 70.6 Å². The number of benzene rings is 1. The van der Waals surface area contributed by atoms with Crippen molar-refractivity contribution in [1.82, 2.24) is 10.6 Å². The van der Waals surface area contributed by atoms with Gasteiger partial charge in [0.1, 0.15) is 0 Å². The molecule has 1 atom stereocenters. The minimum atomic E-state index is -3.31. The van der Waals surface area contributed by atoms with Crippen molar-refractivity contribution in [2.45, 2.75) is 57.4 Å². The summed E-state index contributed by atoms with van der Waals surface area (Å²) in [5.41, 5.74) is 1.13. The van der Waals surface area contributed by atoms with Gasteiger partial charge >= 0.3 is 0 Å². The van der Waals surface area contributed by atoms with Crippen LogP contribution in [0, 0.1) is 0 Å². The summed E-state index contributed by atoms with van der Waals surface area (Å²) < 4.78 is 24.9. The van der Waals surface area contributed by atoms with E-state index in [0.717, 1.165) is 12.0 Å². The molecule has 0 fully saturated rings. The second-order valence-electron chi connectivity index (χ2n) is 7.05. The first-order chi connectivity index (χ1) is 11.1. The van der Waals surface area contributed by atoms with Crippen LogP contribution in [0.5, 0.6) is 0 Å². The van der Waals surface area contributed by atoms with E-state index < -0.39 is 9.84 Å². The molecular formula is C18H31N3O2S. The van der Waals surface area contributed by atoms with Crippen molar-refractivity contribution in [1.29, 1.82) is 0 Å². The minimum Gasteiger partial charge on any atom is -0.355 e. The number of rotatable bonds is 6. The molecule has 0 aliphatic rings. The van der Waals surface area contributed by atoms with E-state index in [1.165, 1.54) is 0 Å². The van der Waals surface area contributed by atoms with E-state index in [2.05, 4.69) is 50.2 Å². The highest BCUT2D eigenvalue weighted by atomic mass is 32.2. The zero-order valence-electron chi connectivity index (χ0n) is 15.7. The van der Waals surface area contributed by atoms with Crippen molar-refractivity contribution in [3.63, 3.8) is 0 Å². The number of aliphatic imine (C=N–C) groups is 1. The van der Waals surface area contributed by atoms with Crippen molar-refractivity contribution in [2.24, 2.45) is 4.99 Å². The van der Waals surface area contributed by atoms with Gasteiger partial charge in [-0.3, -0.25) is 4.99 Å². The molecule has 1 aromatic carbocycles. The summed E-state index contributed by atoms with van der Waals surface area (Å²) in [7, 11) is -1.63. The fraction of sp³-hybridized carbons (Fsp3) is 0.611. The van der Waals surface area contributed by atoms with E-state index in [-0.39, 0.29) is 17.2 Å². The normalized spacial score (nSPS) is 14.3. The van der Waals surface area contributed by atoms with E-state index in [4.69, 9.17) is 0 Å². The van der Waals surface area contributed by atoms with E-state index in [0.29, 0.717) is 17.4 Å². The second kappa shape index (κ2) is 8.51. The number of hydrogen-bond donors (Lipinski definition) is 2. The molecule has 1 rings (SSSR count). The number of hydrogen-bond acceptors (Lipinski definition) is 3. The van der Waals surface area contributed by atoms with Gasteiger partial charge in [0.05, 0.1) is 10.6 Å². The molecule has 2 N–H and O–H groups in total. The van der Waals surface area contributed by atoms with Crippen LogP contribution in [-0.4, -0.2) is 39.8 Å². The van der Waals surface area contributed by atoms with Gasteiger partial charge in [-0.2, -0.15) is 0 Å². The van der Waals surface area contributed by atoms with E-state index in [1.54, 1.807) is 19.2 Å². The maximum atomic E-state index is 12.4. The Morgan fingerprint density at radius 1 is 1.21 bits per heavy atom. The van der Waals surface area contributed by atoms with Crippen molar-refractivity contribution in [3.8, 4) is 0 Å². The molecule has 0 spiro atoms. The van der Waals surface area contributed by atoms with Gasteiger partial charge in [0.15, 0.2) is 15.8 Å². The summed E-state index contributed by atoms with van der Waals surface area (Å²) in [6.07, 6.45) is 0.971. The first-order valence-electron chi connectivity index (χ1n) is 8.40. The van der Waals surface area contributed by atoms with Crippen LogP contribution in [0.1, 0.15) is 46.6 Å². The monoisotopic (exact) mass is 353 g/mol. The minimum absolute atomic E-state index is 0.0119. The van der Waals surface area contributed by atoms with Crippen LogP contribution in [0.25, 0.3) is 0 Å².